The molecule has 0 aliphatic heterocycles. The van der Waals surface area contributed by atoms with Crippen LogP contribution in [0.5, 0.6) is 0 Å². The second kappa shape index (κ2) is 7.84. The highest BCUT2D eigenvalue weighted by Crippen LogP contribution is 2.21. The largest absolute Gasteiger partial charge is 0.466 e. The molecule has 96 valence electrons. The van der Waals surface area contributed by atoms with Crippen molar-refractivity contribution < 1.29 is 9.53 Å². The van der Waals surface area contributed by atoms with Crippen LogP contribution in [0.25, 0.3) is 0 Å². The van der Waals surface area contributed by atoms with Crippen LogP contribution < -0.4 is 5.32 Å². The highest BCUT2D eigenvalue weighted by molar-refractivity contribution is 9.11. The summed E-state index contributed by atoms with van der Waals surface area (Å²) in [6.07, 6.45) is 0.992. The second-order valence-electron chi connectivity index (χ2n) is 3.81. The average molecular weight is 320 g/mol. The van der Waals surface area contributed by atoms with Gasteiger partial charge in [-0.2, -0.15) is 0 Å². The Morgan fingerprint density at radius 1 is 1.59 bits per heavy atom. The van der Waals surface area contributed by atoms with Gasteiger partial charge in [-0.05, 0) is 48.0 Å². The lowest BCUT2D eigenvalue weighted by molar-refractivity contribution is -0.147. The van der Waals surface area contributed by atoms with Crippen molar-refractivity contribution in [3.8, 4) is 0 Å². The van der Waals surface area contributed by atoms with Gasteiger partial charge >= 0.3 is 5.97 Å². The van der Waals surface area contributed by atoms with Crippen LogP contribution in [0.4, 0.5) is 0 Å². The molecule has 0 bridgehead atoms. The van der Waals surface area contributed by atoms with Gasteiger partial charge in [-0.15, -0.1) is 11.3 Å². The van der Waals surface area contributed by atoms with E-state index in [9.17, 15) is 4.79 Å². The molecule has 1 rings (SSSR count). The van der Waals surface area contributed by atoms with Crippen molar-refractivity contribution in [3.63, 3.8) is 0 Å². The van der Waals surface area contributed by atoms with Gasteiger partial charge in [0.05, 0.1) is 16.3 Å². The first-order valence-corrected chi connectivity index (χ1v) is 7.36. The fourth-order valence-electron chi connectivity index (χ4n) is 1.38. The highest BCUT2D eigenvalue weighted by Gasteiger charge is 2.12. The summed E-state index contributed by atoms with van der Waals surface area (Å²) >= 11 is 5.18. The van der Waals surface area contributed by atoms with Crippen LogP contribution in [0.2, 0.25) is 0 Å². The summed E-state index contributed by atoms with van der Waals surface area (Å²) in [6, 6.07) is 4.17. The van der Waals surface area contributed by atoms with E-state index in [0.717, 1.165) is 16.8 Å². The first kappa shape index (κ1) is 14.7. The minimum Gasteiger partial charge on any atom is -0.466 e. The molecule has 0 amide bonds. The van der Waals surface area contributed by atoms with E-state index in [-0.39, 0.29) is 11.9 Å². The van der Waals surface area contributed by atoms with Crippen molar-refractivity contribution in [2.24, 2.45) is 5.92 Å². The van der Waals surface area contributed by atoms with Gasteiger partial charge in [-0.25, -0.2) is 0 Å². The Bertz CT molecular complexity index is 354. The summed E-state index contributed by atoms with van der Waals surface area (Å²) < 4.78 is 6.10. The van der Waals surface area contributed by atoms with Gasteiger partial charge in [0.1, 0.15) is 0 Å². The molecular formula is C12H18BrNO2S. The van der Waals surface area contributed by atoms with Gasteiger partial charge in [0.25, 0.3) is 0 Å². The smallest absolute Gasteiger partial charge is 0.309 e. The summed E-state index contributed by atoms with van der Waals surface area (Å²) in [6.45, 7) is 5.72. The van der Waals surface area contributed by atoms with Crippen LogP contribution in [0.1, 0.15) is 18.7 Å². The number of thiophene rings is 1. The molecule has 0 saturated heterocycles. The average Bonchev–Trinajstić information content (AvgIpc) is 2.70. The lowest BCUT2D eigenvalue weighted by Crippen LogP contribution is -2.29. The van der Waals surface area contributed by atoms with Crippen molar-refractivity contribution in [3.05, 3.63) is 20.8 Å². The van der Waals surface area contributed by atoms with E-state index in [0.29, 0.717) is 13.2 Å². The number of hydrogen-bond acceptors (Lipinski definition) is 4. The summed E-state index contributed by atoms with van der Waals surface area (Å²) in [5.41, 5.74) is 0. The molecule has 1 aromatic rings. The molecule has 3 nitrogen and oxygen atoms in total. The zero-order valence-electron chi connectivity index (χ0n) is 10.2. The molecule has 0 fully saturated rings. The predicted molar refractivity (Wildman–Crippen MR) is 74.4 cm³/mol. The summed E-state index contributed by atoms with van der Waals surface area (Å²) in [5, 5.41) is 3.27. The fraction of sp³-hybridized carbons (Fsp3) is 0.583. The maximum Gasteiger partial charge on any atom is 0.309 e. The number of carbonyl (C=O) groups is 1. The maximum absolute atomic E-state index is 11.3. The van der Waals surface area contributed by atoms with Crippen molar-refractivity contribution in [1.82, 2.24) is 5.32 Å². The molecule has 0 aliphatic rings. The van der Waals surface area contributed by atoms with Crippen molar-refractivity contribution >= 4 is 33.2 Å². The summed E-state index contributed by atoms with van der Waals surface area (Å²) in [7, 11) is 0. The molecule has 1 unspecified atom stereocenters. The minimum atomic E-state index is -0.126. The molecular weight excluding hydrogens is 302 g/mol. The SMILES string of the molecule is CCOC(=O)C(C)CNCCc1ccc(Br)s1. The minimum absolute atomic E-state index is 0.0787. The van der Waals surface area contributed by atoms with Gasteiger partial charge in [-0.1, -0.05) is 6.92 Å². The summed E-state index contributed by atoms with van der Waals surface area (Å²) in [4.78, 5) is 12.7. The predicted octanol–water partition coefficient (Wildman–Crippen LogP) is 2.84. The molecule has 1 N–H and O–H groups in total. The Labute approximate surface area is 115 Å². The molecule has 0 spiro atoms. The monoisotopic (exact) mass is 319 g/mol. The first-order valence-electron chi connectivity index (χ1n) is 5.75. The van der Waals surface area contributed by atoms with Gasteiger partial charge in [0, 0.05) is 11.4 Å². The Morgan fingerprint density at radius 3 is 2.94 bits per heavy atom. The first-order chi connectivity index (χ1) is 8.13. The Morgan fingerprint density at radius 2 is 2.35 bits per heavy atom. The van der Waals surface area contributed by atoms with Crippen molar-refractivity contribution in [2.45, 2.75) is 20.3 Å². The van der Waals surface area contributed by atoms with Crippen LogP contribution in [0, 0.1) is 5.92 Å². The lowest BCUT2D eigenvalue weighted by Gasteiger charge is -2.11. The maximum atomic E-state index is 11.3. The van der Waals surface area contributed by atoms with Gasteiger partial charge < -0.3 is 10.1 Å². The molecule has 1 atom stereocenters. The quantitative estimate of drug-likeness (QED) is 0.620. The molecule has 5 heteroatoms. The van der Waals surface area contributed by atoms with E-state index in [1.54, 1.807) is 11.3 Å². The number of halogens is 1. The van der Waals surface area contributed by atoms with E-state index >= 15 is 0 Å². The van der Waals surface area contributed by atoms with Crippen molar-refractivity contribution in [2.75, 3.05) is 19.7 Å². The van der Waals surface area contributed by atoms with Crippen LogP contribution in [-0.4, -0.2) is 25.7 Å². The number of hydrogen-bond donors (Lipinski definition) is 1. The normalized spacial score (nSPS) is 12.4. The van der Waals surface area contributed by atoms with Crippen LogP contribution in [0.15, 0.2) is 15.9 Å². The van der Waals surface area contributed by atoms with Gasteiger partial charge in [0.2, 0.25) is 0 Å². The molecule has 1 aromatic heterocycles. The second-order valence-corrected chi connectivity index (χ2v) is 6.36. The molecule has 1 heterocycles. The lowest BCUT2D eigenvalue weighted by atomic mass is 10.2. The standard InChI is InChI=1S/C12H18BrNO2S/c1-3-16-12(15)9(2)8-14-7-6-10-4-5-11(13)17-10/h4-5,9,14H,3,6-8H2,1-2H3. The molecule has 0 saturated carbocycles. The van der Waals surface area contributed by atoms with E-state index in [1.165, 1.54) is 4.88 Å². The zero-order chi connectivity index (χ0) is 12.7. The number of rotatable bonds is 7. The van der Waals surface area contributed by atoms with Gasteiger partial charge in [0.15, 0.2) is 0 Å². The molecule has 0 aliphatic carbocycles. The van der Waals surface area contributed by atoms with E-state index in [4.69, 9.17) is 4.74 Å². The number of esters is 1. The number of ether oxygens (including phenoxy) is 1. The van der Waals surface area contributed by atoms with Crippen LogP contribution in [0.3, 0.4) is 0 Å². The van der Waals surface area contributed by atoms with Crippen LogP contribution in [-0.2, 0) is 16.0 Å². The third-order valence-electron chi connectivity index (χ3n) is 2.32. The topological polar surface area (TPSA) is 38.3 Å². The molecule has 17 heavy (non-hydrogen) atoms. The van der Waals surface area contributed by atoms with Crippen LogP contribution >= 0.6 is 27.3 Å². The van der Waals surface area contributed by atoms with E-state index in [2.05, 4.69) is 33.4 Å². The Hall–Kier alpha value is -0.390. The fourth-order valence-corrected chi connectivity index (χ4v) is 2.87. The third kappa shape index (κ3) is 5.66. The number of carbonyl (C=O) groups excluding carboxylic acids is 1. The number of nitrogens with one attached hydrogen (secondary N) is 1. The third-order valence-corrected chi connectivity index (χ3v) is 4.00. The molecule has 0 radical (unpaired) electrons. The molecule has 0 aromatic carbocycles. The summed E-state index contributed by atoms with van der Waals surface area (Å²) in [5.74, 6) is -0.205. The highest BCUT2D eigenvalue weighted by atomic mass is 79.9. The Kier molecular flexibility index (Phi) is 6.77. The Balaban J connectivity index is 2.13. The van der Waals surface area contributed by atoms with Crippen molar-refractivity contribution in [1.29, 1.82) is 0 Å². The van der Waals surface area contributed by atoms with E-state index in [1.807, 2.05) is 13.8 Å². The van der Waals surface area contributed by atoms with E-state index < -0.39 is 0 Å². The van der Waals surface area contributed by atoms with Gasteiger partial charge in [-0.3, -0.25) is 4.79 Å². The zero-order valence-corrected chi connectivity index (χ0v) is 12.6.